The molecule has 0 amide bonds. The van der Waals surface area contributed by atoms with Crippen LogP contribution in [0.3, 0.4) is 0 Å². The molecule has 0 saturated heterocycles. The van der Waals surface area contributed by atoms with E-state index in [1.54, 1.807) is 6.20 Å². The van der Waals surface area contributed by atoms with E-state index in [9.17, 15) is 0 Å². The quantitative estimate of drug-likeness (QED) is 0.832. The van der Waals surface area contributed by atoms with E-state index in [4.69, 9.17) is 5.73 Å². The van der Waals surface area contributed by atoms with Crippen molar-refractivity contribution in [3.8, 4) is 0 Å². The van der Waals surface area contributed by atoms with Crippen molar-refractivity contribution in [3.05, 3.63) is 52.1 Å². The third-order valence-corrected chi connectivity index (χ3v) is 3.55. The zero-order valence-corrected chi connectivity index (χ0v) is 10.8. The van der Waals surface area contributed by atoms with Gasteiger partial charge in [-0.25, -0.2) is 4.98 Å². The number of hydrogen-bond donors (Lipinski definition) is 2. The number of nitrogens with zero attached hydrogens (tertiary/aromatic N) is 1. The highest BCUT2D eigenvalue weighted by Gasteiger charge is 2.18. The summed E-state index contributed by atoms with van der Waals surface area (Å²) >= 11 is 0. The van der Waals surface area contributed by atoms with Gasteiger partial charge in [0.25, 0.3) is 0 Å². The molecule has 2 aromatic rings. The normalized spacial score (nSPS) is 12.8. The first-order chi connectivity index (χ1) is 8.02. The molecule has 1 aromatic heterocycles. The maximum atomic E-state index is 6.31. The minimum atomic E-state index is -0.177. The number of nitrogens with two attached hydrogens (primary N) is 1. The Hall–Kier alpha value is -1.61. The third-order valence-electron chi connectivity index (χ3n) is 3.55. The minimum Gasteiger partial charge on any atom is -0.347 e. The summed E-state index contributed by atoms with van der Waals surface area (Å²) < 4.78 is 0. The Labute approximate surface area is 102 Å². The Balaban J connectivity index is 2.59. The summed E-state index contributed by atoms with van der Waals surface area (Å²) in [4.78, 5) is 7.35. The topological polar surface area (TPSA) is 54.7 Å². The lowest BCUT2D eigenvalue weighted by Crippen LogP contribution is -2.17. The Bertz CT molecular complexity index is 501. The van der Waals surface area contributed by atoms with Crippen LogP contribution in [0.2, 0.25) is 0 Å². The largest absolute Gasteiger partial charge is 0.347 e. The van der Waals surface area contributed by atoms with E-state index in [2.05, 4.69) is 43.7 Å². The number of H-pyrrole nitrogens is 1. The summed E-state index contributed by atoms with van der Waals surface area (Å²) in [7, 11) is 0. The maximum absolute atomic E-state index is 6.31. The number of aromatic nitrogens is 2. The lowest BCUT2D eigenvalue weighted by Gasteiger charge is -2.19. The summed E-state index contributed by atoms with van der Waals surface area (Å²) in [6.45, 7) is 8.50. The van der Waals surface area contributed by atoms with Crippen LogP contribution < -0.4 is 5.73 Å². The van der Waals surface area contributed by atoms with Crippen molar-refractivity contribution in [2.75, 3.05) is 0 Å². The lowest BCUT2D eigenvalue weighted by molar-refractivity contribution is 0.783. The number of imidazole rings is 1. The highest BCUT2D eigenvalue weighted by atomic mass is 14.9. The molecule has 0 fully saturated rings. The first-order valence-electron chi connectivity index (χ1n) is 5.84. The van der Waals surface area contributed by atoms with Crippen molar-refractivity contribution in [2.24, 2.45) is 5.73 Å². The van der Waals surface area contributed by atoms with Crippen LogP contribution in [0, 0.1) is 27.7 Å². The van der Waals surface area contributed by atoms with Crippen molar-refractivity contribution in [2.45, 2.75) is 33.7 Å². The van der Waals surface area contributed by atoms with E-state index < -0.39 is 0 Å². The number of aromatic amines is 1. The number of hydrogen-bond acceptors (Lipinski definition) is 2. The van der Waals surface area contributed by atoms with Gasteiger partial charge in [0.15, 0.2) is 0 Å². The number of benzene rings is 1. The zero-order chi connectivity index (χ0) is 12.6. The second-order valence-corrected chi connectivity index (χ2v) is 4.63. The molecule has 0 spiro atoms. The first kappa shape index (κ1) is 11.9. The van der Waals surface area contributed by atoms with Crippen molar-refractivity contribution in [1.82, 2.24) is 9.97 Å². The average Bonchev–Trinajstić information content (AvgIpc) is 2.80. The van der Waals surface area contributed by atoms with Crippen LogP contribution in [0.25, 0.3) is 0 Å². The summed E-state index contributed by atoms with van der Waals surface area (Å²) in [6, 6.07) is 2.03. The van der Waals surface area contributed by atoms with Gasteiger partial charge in [-0.3, -0.25) is 0 Å². The lowest BCUT2D eigenvalue weighted by atomic mass is 9.90. The van der Waals surface area contributed by atoms with Gasteiger partial charge in [0.05, 0.1) is 6.04 Å². The molecule has 0 radical (unpaired) electrons. The van der Waals surface area contributed by atoms with E-state index in [-0.39, 0.29) is 6.04 Å². The van der Waals surface area contributed by atoms with Gasteiger partial charge in [0.2, 0.25) is 0 Å². The van der Waals surface area contributed by atoms with Crippen LogP contribution in [0.4, 0.5) is 0 Å². The fourth-order valence-corrected chi connectivity index (χ4v) is 2.30. The predicted molar refractivity (Wildman–Crippen MR) is 70.0 cm³/mol. The van der Waals surface area contributed by atoms with E-state index in [0.29, 0.717) is 0 Å². The molecule has 17 heavy (non-hydrogen) atoms. The fraction of sp³-hybridized carbons (Fsp3) is 0.357. The van der Waals surface area contributed by atoms with Gasteiger partial charge in [-0.2, -0.15) is 0 Å². The van der Waals surface area contributed by atoms with Gasteiger partial charge >= 0.3 is 0 Å². The smallest absolute Gasteiger partial charge is 0.127 e. The maximum Gasteiger partial charge on any atom is 0.127 e. The third kappa shape index (κ3) is 1.98. The molecule has 1 heterocycles. The molecule has 90 valence electrons. The number of rotatable bonds is 2. The van der Waals surface area contributed by atoms with Crippen molar-refractivity contribution in [1.29, 1.82) is 0 Å². The zero-order valence-electron chi connectivity index (χ0n) is 10.8. The molecule has 0 bridgehead atoms. The second-order valence-electron chi connectivity index (χ2n) is 4.63. The second kappa shape index (κ2) is 4.34. The van der Waals surface area contributed by atoms with E-state index >= 15 is 0 Å². The summed E-state index contributed by atoms with van der Waals surface area (Å²) in [5.74, 6) is 0.821. The first-order valence-corrected chi connectivity index (χ1v) is 5.84. The molecule has 2 rings (SSSR count). The van der Waals surface area contributed by atoms with Crippen LogP contribution >= 0.6 is 0 Å². The molecular weight excluding hydrogens is 210 g/mol. The fourth-order valence-electron chi connectivity index (χ4n) is 2.30. The highest BCUT2D eigenvalue weighted by molar-refractivity contribution is 5.47. The van der Waals surface area contributed by atoms with Gasteiger partial charge in [0.1, 0.15) is 5.82 Å². The van der Waals surface area contributed by atoms with Crippen molar-refractivity contribution >= 4 is 0 Å². The van der Waals surface area contributed by atoms with Gasteiger partial charge in [-0.15, -0.1) is 0 Å². The van der Waals surface area contributed by atoms with Gasteiger partial charge in [0, 0.05) is 12.4 Å². The Morgan fingerprint density at radius 2 is 1.71 bits per heavy atom. The van der Waals surface area contributed by atoms with Gasteiger partial charge < -0.3 is 10.7 Å². The van der Waals surface area contributed by atoms with Crippen LogP contribution in [-0.4, -0.2) is 9.97 Å². The molecule has 1 unspecified atom stereocenters. The van der Waals surface area contributed by atoms with Gasteiger partial charge in [-0.1, -0.05) is 6.07 Å². The summed E-state index contributed by atoms with van der Waals surface area (Å²) in [5, 5.41) is 0. The molecule has 0 aliphatic rings. The number of nitrogens with one attached hydrogen (secondary N) is 1. The number of aryl methyl sites for hydroxylation is 2. The van der Waals surface area contributed by atoms with Crippen molar-refractivity contribution in [3.63, 3.8) is 0 Å². The van der Waals surface area contributed by atoms with Gasteiger partial charge in [-0.05, 0) is 55.5 Å². The van der Waals surface area contributed by atoms with Crippen molar-refractivity contribution < 1.29 is 0 Å². The minimum absolute atomic E-state index is 0.177. The molecule has 0 aliphatic heterocycles. The Morgan fingerprint density at radius 1 is 1.12 bits per heavy atom. The molecule has 3 N–H and O–H groups in total. The van der Waals surface area contributed by atoms with Crippen LogP contribution in [0.15, 0.2) is 18.5 Å². The predicted octanol–water partition coefficient (Wildman–Crippen LogP) is 2.69. The Kier molecular flexibility index (Phi) is 3.03. The molecule has 3 heteroatoms. The standard InChI is InChI=1S/C14H19N3/c1-8-7-9(2)11(4)12(10(8)3)13(15)14-16-5-6-17-14/h5-7,13H,15H2,1-4H3,(H,16,17). The molecular formula is C14H19N3. The average molecular weight is 229 g/mol. The summed E-state index contributed by atoms with van der Waals surface area (Å²) in [6.07, 6.45) is 3.55. The van der Waals surface area contributed by atoms with Crippen LogP contribution in [0.5, 0.6) is 0 Å². The Morgan fingerprint density at radius 3 is 2.18 bits per heavy atom. The molecule has 3 nitrogen and oxygen atoms in total. The summed E-state index contributed by atoms with van der Waals surface area (Å²) in [5.41, 5.74) is 12.6. The molecule has 1 atom stereocenters. The van der Waals surface area contributed by atoms with Crippen LogP contribution in [0.1, 0.15) is 39.7 Å². The molecule has 0 aliphatic carbocycles. The molecule has 1 aromatic carbocycles. The van der Waals surface area contributed by atoms with E-state index in [0.717, 1.165) is 5.82 Å². The molecule has 0 saturated carbocycles. The van der Waals surface area contributed by atoms with E-state index in [1.165, 1.54) is 27.8 Å². The monoisotopic (exact) mass is 229 g/mol. The van der Waals surface area contributed by atoms with Crippen LogP contribution in [-0.2, 0) is 0 Å². The van der Waals surface area contributed by atoms with E-state index in [1.807, 2.05) is 6.20 Å². The highest BCUT2D eigenvalue weighted by Crippen LogP contribution is 2.28. The SMILES string of the molecule is Cc1cc(C)c(C)c(C(N)c2ncc[nH]2)c1C.